The first kappa shape index (κ1) is 16.0. The van der Waals surface area contributed by atoms with Gasteiger partial charge in [-0.1, -0.05) is 18.2 Å². The summed E-state index contributed by atoms with van der Waals surface area (Å²) in [5, 5.41) is 4.04. The van der Waals surface area contributed by atoms with Crippen molar-refractivity contribution in [2.45, 2.75) is 12.8 Å². The molecule has 0 unspecified atom stereocenters. The lowest BCUT2D eigenvalue weighted by Crippen LogP contribution is -2.19. The van der Waals surface area contributed by atoms with Gasteiger partial charge in [-0.25, -0.2) is 5.43 Å². The van der Waals surface area contributed by atoms with Crippen molar-refractivity contribution >= 4 is 40.4 Å². The number of halogens is 1. The number of carbonyl (C=O) groups excluding carboxylic acids is 1. The van der Waals surface area contributed by atoms with E-state index in [9.17, 15) is 4.79 Å². The average molecular weight is 419 g/mol. The minimum absolute atomic E-state index is 0.194. The van der Waals surface area contributed by atoms with E-state index < -0.39 is 0 Å². The number of nitrogens with zero attached hydrogens (tertiary/aromatic N) is 2. The summed E-state index contributed by atoms with van der Waals surface area (Å²) < 4.78 is 1.10. The quantitative estimate of drug-likeness (QED) is 0.467. The Morgan fingerprint density at radius 2 is 1.78 bits per heavy atom. The molecule has 3 rings (SSSR count). The number of hydrazone groups is 1. The molecule has 5 heteroatoms. The number of anilines is 1. The monoisotopic (exact) mass is 419 g/mol. The third kappa shape index (κ3) is 4.10. The van der Waals surface area contributed by atoms with E-state index >= 15 is 0 Å². The van der Waals surface area contributed by atoms with E-state index in [1.165, 1.54) is 18.5 Å². The van der Waals surface area contributed by atoms with Crippen LogP contribution in [0.1, 0.15) is 28.8 Å². The molecule has 2 aromatic carbocycles. The van der Waals surface area contributed by atoms with E-state index in [1.807, 2.05) is 48.5 Å². The van der Waals surface area contributed by atoms with Crippen LogP contribution >= 0.6 is 22.6 Å². The summed E-state index contributed by atoms with van der Waals surface area (Å²) in [6.07, 6.45) is 4.16. The first-order valence-corrected chi connectivity index (χ1v) is 8.75. The van der Waals surface area contributed by atoms with Crippen molar-refractivity contribution in [1.82, 2.24) is 5.43 Å². The third-order valence-corrected chi connectivity index (χ3v) is 4.86. The van der Waals surface area contributed by atoms with Gasteiger partial charge in [-0.2, -0.15) is 5.10 Å². The number of hydrogen-bond donors (Lipinski definition) is 1. The summed E-state index contributed by atoms with van der Waals surface area (Å²) >= 11 is 2.24. The predicted octanol–water partition coefficient (Wildman–Crippen LogP) is 3.66. The fraction of sp³-hybridized carbons (Fsp3) is 0.222. The zero-order valence-electron chi connectivity index (χ0n) is 12.7. The average Bonchev–Trinajstić information content (AvgIpc) is 3.11. The van der Waals surface area contributed by atoms with Crippen LogP contribution in [0.2, 0.25) is 0 Å². The molecule has 4 nitrogen and oxygen atoms in total. The van der Waals surface area contributed by atoms with Crippen molar-refractivity contribution in [2.24, 2.45) is 5.10 Å². The molecule has 118 valence electrons. The SMILES string of the molecule is O=C(N/N=C\c1ccccc1I)c1ccc(N2CCCC2)cc1. The van der Waals surface area contributed by atoms with Gasteiger partial charge in [0.05, 0.1) is 6.21 Å². The summed E-state index contributed by atoms with van der Waals surface area (Å²) in [6, 6.07) is 15.6. The second kappa shape index (κ2) is 7.59. The highest BCUT2D eigenvalue weighted by Gasteiger charge is 2.12. The summed E-state index contributed by atoms with van der Waals surface area (Å²) in [7, 11) is 0. The molecule has 1 fully saturated rings. The van der Waals surface area contributed by atoms with Gasteiger partial charge in [0.1, 0.15) is 0 Å². The fourth-order valence-electron chi connectivity index (χ4n) is 2.60. The Hall–Kier alpha value is -1.89. The Labute approximate surface area is 149 Å². The van der Waals surface area contributed by atoms with Crippen molar-refractivity contribution in [1.29, 1.82) is 0 Å². The van der Waals surface area contributed by atoms with Gasteiger partial charge >= 0.3 is 0 Å². The van der Waals surface area contributed by atoms with E-state index in [0.29, 0.717) is 5.56 Å². The van der Waals surface area contributed by atoms with Crippen LogP contribution < -0.4 is 10.3 Å². The van der Waals surface area contributed by atoms with Crippen LogP contribution in [0, 0.1) is 3.57 Å². The van der Waals surface area contributed by atoms with Crippen LogP contribution in [0.25, 0.3) is 0 Å². The van der Waals surface area contributed by atoms with Gasteiger partial charge in [0.25, 0.3) is 5.91 Å². The van der Waals surface area contributed by atoms with E-state index in [4.69, 9.17) is 0 Å². The molecule has 0 bridgehead atoms. The van der Waals surface area contributed by atoms with Gasteiger partial charge < -0.3 is 4.90 Å². The summed E-state index contributed by atoms with van der Waals surface area (Å²) in [6.45, 7) is 2.21. The van der Waals surface area contributed by atoms with Gasteiger partial charge in [0.2, 0.25) is 0 Å². The van der Waals surface area contributed by atoms with Crippen LogP contribution in [0.5, 0.6) is 0 Å². The standard InChI is InChI=1S/C18H18IN3O/c19-17-6-2-1-5-15(17)13-20-21-18(23)14-7-9-16(10-8-14)22-11-3-4-12-22/h1-2,5-10,13H,3-4,11-12H2,(H,21,23)/b20-13-. The molecule has 1 aliphatic heterocycles. The maximum Gasteiger partial charge on any atom is 0.271 e. The highest BCUT2D eigenvalue weighted by Crippen LogP contribution is 2.20. The van der Waals surface area contributed by atoms with E-state index in [0.717, 1.165) is 22.2 Å². The minimum atomic E-state index is -0.194. The van der Waals surface area contributed by atoms with Crippen LogP contribution in [0.3, 0.4) is 0 Å². The third-order valence-electron chi connectivity index (χ3n) is 3.88. The number of nitrogens with one attached hydrogen (secondary N) is 1. The number of hydrogen-bond acceptors (Lipinski definition) is 3. The van der Waals surface area contributed by atoms with Gasteiger partial charge in [-0.05, 0) is 65.8 Å². The van der Waals surface area contributed by atoms with E-state index in [2.05, 4.69) is 38.0 Å². The lowest BCUT2D eigenvalue weighted by atomic mass is 10.2. The van der Waals surface area contributed by atoms with Crippen molar-refractivity contribution < 1.29 is 4.79 Å². The lowest BCUT2D eigenvalue weighted by Gasteiger charge is -2.17. The van der Waals surface area contributed by atoms with Crippen LogP contribution in [-0.2, 0) is 0 Å². The van der Waals surface area contributed by atoms with Gasteiger partial charge in [0.15, 0.2) is 0 Å². The lowest BCUT2D eigenvalue weighted by molar-refractivity contribution is 0.0955. The molecule has 1 amide bonds. The minimum Gasteiger partial charge on any atom is -0.372 e. The van der Waals surface area contributed by atoms with Crippen LogP contribution in [0.15, 0.2) is 53.6 Å². The van der Waals surface area contributed by atoms with Crippen molar-refractivity contribution in [2.75, 3.05) is 18.0 Å². The molecule has 2 aromatic rings. The molecule has 1 saturated heterocycles. The van der Waals surface area contributed by atoms with Crippen LogP contribution in [-0.4, -0.2) is 25.2 Å². The Morgan fingerprint density at radius 1 is 1.09 bits per heavy atom. The molecular weight excluding hydrogens is 401 g/mol. The Bertz CT molecular complexity index is 706. The summed E-state index contributed by atoms with van der Waals surface area (Å²) in [5.41, 5.74) is 5.36. The second-order valence-electron chi connectivity index (χ2n) is 5.46. The molecule has 1 aliphatic rings. The number of amides is 1. The second-order valence-corrected chi connectivity index (χ2v) is 6.62. The normalized spacial score (nSPS) is 14.4. The molecule has 23 heavy (non-hydrogen) atoms. The molecule has 0 spiro atoms. The van der Waals surface area contributed by atoms with E-state index in [1.54, 1.807) is 6.21 Å². The summed E-state index contributed by atoms with van der Waals surface area (Å²) in [5.74, 6) is -0.194. The first-order valence-electron chi connectivity index (χ1n) is 7.67. The smallest absolute Gasteiger partial charge is 0.271 e. The molecule has 1 heterocycles. The zero-order valence-corrected chi connectivity index (χ0v) is 14.9. The number of benzene rings is 2. The fourth-order valence-corrected chi connectivity index (χ4v) is 3.13. The first-order chi connectivity index (χ1) is 11.2. The number of carbonyl (C=O) groups is 1. The zero-order chi connectivity index (χ0) is 16.1. The maximum absolute atomic E-state index is 12.1. The molecule has 0 radical (unpaired) electrons. The molecular formula is C18H18IN3O. The number of rotatable bonds is 4. The maximum atomic E-state index is 12.1. The summed E-state index contributed by atoms with van der Waals surface area (Å²) in [4.78, 5) is 14.5. The Morgan fingerprint density at radius 3 is 2.48 bits per heavy atom. The predicted molar refractivity (Wildman–Crippen MR) is 102 cm³/mol. The Balaban J connectivity index is 1.61. The van der Waals surface area contributed by atoms with Crippen molar-refractivity contribution in [3.8, 4) is 0 Å². The van der Waals surface area contributed by atoms with Gasteiger partial charge in [0, 0.05) is 33.5 Å². The van der Waals surface area contributed by atoms with Crippen LogP contribution in [0.4, 0.5) is 5.69 Å². The molecule has 0 saturated carbocycles. The van der Waals surface area contributed by atoms with Gasteiger partial charge in [-0.3, -0.25) is 4.79 Å². The highest BCUT2D eigenvalue weighted by molar-refractivity contribution is 14.1. The molecule has 0 aliphatic carbocycles. The van der Waals surface area contributed by atoms with E-state index in [-0.39, 0.29) is 5.91 Å². The van der Waals surface area contributed by atoms with Crippen molar-refractivity contribution in [3.05, 3.63) is 63.2 Å². The van der Waals surface area contributed by atoms with Crippen molar-refractivity contribution in [3.63, 3.8) is 0 Å². The topological polar surface area (TPSA) is 44.7 Å². The molecule has 0 aromatic heterocycles. The largest absolute Gasteiger partial charge is 0.372 e. The van der Waals surface area contributed by atoms with Gasteiger partial charge in [-0.15, -0.1) is 0 Å². The molecule has 1 N–H and O–H groups in total. The Kier molecular flexibility index (Phi) is 5.27. The molecule has 0 atom stereocenters. The highest BCUT2D eigenvalue weighted by atomic mass is 127.